The van der Waals surface area contributed by atoms with Crippen molar-refractivity contribution in [2.24, 2.45) is 0 Å². The molecule has 0 aromatic carbocycles. The van der Waals surface area contributed by atoms with Crippen LogP contribution in [-0.2, 0) is 32.7 Å². The number of ether oxygens (including phenoxy) is 2. The first-order valence-electron chi connectivity index (χ1n) is 28.8. The van der Waals surface area contributed by atoms with Gasteiger partial charge < -0.3 is 27.9 Å². The van der Waals surface area contributed by atoms with E-state index in [9.17, 15) is 19.0 Å². The third kappa shape index (κ3) is 56.3. The molecule has 0 amide bonds. The van der Waals surface area contributed by atoms with Gasteiger partial charge in [-0.2, -0.15) is 0 Å². The lowest BCUT2D eigenvalue weighted by atomic mass is 10.0. The molecule has 0 spiro atoms. The molecular weight excluding hydrogens is 906 g/mol. The number of unbranched alkanes of at least 4 members (excludes halogenated alkanes) is 24. The van der Waals surface area contributed by atoms with Gasteiger partial charge in [-0.1, -0.05) is 240 Å². The average molecular weight is 1010 g/mol. The number of nitrogens with zero attached hydrogens (tertiary/aromatic N) is 1. The van der Waals surface area contributed by atoms with Gasteiger partial charge in [0.15, 0.2) is 6.10 Å². The lowest BCUT2D eigenvalue weighted by molar-refractivity contribution is -0.870. The molecule has 410 valence electrons. The van der Waals surface area contributed by atoms with Crippen LogP contribution in [0.15, 0.2) is 85.1 Å². The van der Waals surface area contributed by atoms with Crippen LogP contribution in [0, 0.1) is 0 Å². The molecule has 0 aromatic rings. The minimum atomic E-state index is -4.65. The van der Waals surface area contributed by atoms with Crippen molar-refractivity contribution in [3.8, 4) is 0 Å². The summed E-state index contributed by atoms with van der Waals surface area (Å²) in [7, 11) is 1.14. The Kier molecular flexibility index (Phi) is 50.0. The normalized spacial score (nSPS) is 13.9. The molecule has 0 aliphatic rings. The summed E-state index contributed by atoms with van der Waals surface area (Å²) in [6.45, 7) is 4.10. The summed E-state index contributed by atoms with van der Waals surface area (Å²) in [6, 6.07) is 0. The van der Waals surface area contributed by atoms with E-state index in [1.807, 2.05) is 21.1 Å². The number of hydrogen-bond donors (Lipinski definition) is 0. The topological polar surface area (TPSA) is 111 Å². The van der Waals surface area contributed by atoms with Crippen molar-refractivity contribution < 1.29 is 42.1 Å². The van der Waals surface area contributed by atoms with Gasteiger partial charge in [0, 0.05) is 12.8 Å². The van der Waals surface area contributed by atoms with Crippen LogP contribution in [0.2, 0.25) is 0 Å². The third-order valence-corrected chi connectivity index (χ3v) is 13.1. The number of rotatable bonds is 52. The van der Waals surface area contributed by atoms with E-state index in [-0.39, 0.29) is 26.1 Å². The number of carbonyl (C=O) groups is 2. The first kappa shape index (κ1) is 68.2. The van der Waals surface area contributed by atoms with Gasteiger partial charge in [-0.05, 0) is 70.6 Å². The van der Waals surface area contributed by atoms with Crippen LogP contribution in [0.3, 0.4) is 0 Å². The van der Waals surface area contributed by atoms with Gasteiger partial charge in [-0.15, -0.1) is 0 Å². The summed E-state index contributed by atoms with van der Waals surface area (Å²) < 4.78 is 34.1. The van der Waals surface area contributed by atoms with Gasteiger partial charge in [0.2, 0.25) is 0 Å². The van der Waals surface area contributed by atoms with Crippen molar-refractivity contribution in [1.29, 1.82) is 0 Å². The second-order valence-electron chi connectivity index (χ2n) is 20.3. The quantitative estimate of drug-likeness (QED) is 0.0195. The van der Waals surface area contributed by atoms with Crippen LogP contribution in [-0.4, -0.2) is 70.0 Å². The highest BCUT2D eigenvalue weighted by Crippen LogP contribution is 2.38. The number of likely N-dealkylation sites (N-methyl/N-ethyl adjacent to an activating group) is 1. The number of phosphoric acid groups is 1. The number of phosphoric ester groups is 1. The standard InChI is InChI=1S/C61H108NO8P/c1-6-8-10-12-14-16-18-20-22-24-26-28-30-31-32-34-36-38-40-42-44-46-48-50-52-54-61(64)70-59(58-69-71(65,66)68-56-55-62(3,4)5)57-67-60(63)53-51-49-47-45-43-41-39-37-35-33-29-27-25-23-21-19-17-15-13-11-9-7-2/h8,10,14,16,20,22,26,28,31-32,36,38,42,44,59H,6-7,9,11-13,15,17-19,21,23-25,27,29-30,33-35,37,39-41,43,45-58H2,1-5H3/b10-8-,16-14-,22-20-,28-26-,32-31-,38-36-,44-42-. The zero-order valence-electron chi connectivity index (χ0n) is 46.4. The minimum Gasteiger partial charge on any atom is -0.756 e. The summed E-state index contributed by atoms with van der Waals surface area (Å²) in [6.07, 6.45) is 69.1. The second-order valence-corrected chi connectivity index (χ2v) is 21.7. The molecule has 0 fully saturated rings. The summed E-state index contributed by atoms with van der Waals surface area (Å²) in [4.78, 5) is 37.9. The van der Waals surface area contributed by atoms with E-state index in [2.05, 4.69) is 98.9 Å². The Morgan fingerprint density at radius 2 is 0.803 bits per heavy atom. The van der Waals surface area contributed by atoms with Crippen LogP contribution < -0.4 is 4.89 Å². The molecule has 0 saturated heterocycles. The molecule has 0 N–H and O–H groups in total. The predicted octanol–water partition coefficient (Wildman–Crippen LogP) is 17.2. The monoisotopic (exact) mass is 1010 g/mol. The maximum Gasteiger partial charge on any atom is 0.306 e. The summed E-state index contributed by atoms with van der Waals surface area (Å²) >= 11 is 0. The predicted molar refractivity (Wildman–Crippen MR) is 300 cm³/mol. The van der Waals surface area contributed by atoms with Crippen molar-refractivity contribution in [3.63, 3.8) is 0 Å². The number of quaternary nitrogens is 1. The lowest BCUT2D eigenvalue weighted by Crippen LogP contribution is -2.37. The van der Waals surface area contributed by atoms with E-state index in [0.717, 1.165) is 83.5 Å². The molecule has 2 atom stereocenters. The lowest BCUT2D eigenvalue weighted by Gasteiger charge is -2.28. The summed E-state index contributed by atoms with van der Waals surface area (Å²) in [5.41, 5.74) is 0. The highest BCUT2D eigenvalue weighted by molar-refractivity contribution is 7.45. The smallest absolute Gasteiger partial charge is 0.306 e. The van der Waals surface area contributed by atoms with Crippen LogP contribution in [0.25, 0.3) is 0 Å². The molecule has 0 aromatic heterocycles. The first-order valence-corrected chi connectivity index (χ1v) is 30.3. The number of hydrogen-bond acceptors (Lipinski definition) is 8. The Morgan fingerprint density at radius 3 is 1.20 bits per heavy atom. The molecule has 0 saturated carbocycles. The van der Waals surface area contributed by atoms with Gasteiger partial charge in [0.1, 0.15) is 19.8 Å². The molecule has 9 nitrogen and oxygen atoms in total. The summed E-state index contributed by atoms with van der Waals surface area (Å²) in [5.74, 6) is -0.869. The van der Waals surface area contributed by atoms with E-state index in [1.54, 1.807) is 0 Å². The molecule has 0 bridgehead atoms. The highest BCUT2D eigenvalue weighted by Gasteiger charge is 2.21. The van der Waals surface area contributed by atoms with Crippen molar-refractivity contribution in [2.75, 3.05) is 47.5 Å². The SMILES string of the molecule is CC/C=C\C/C=C\C/C=C\C/C=C\C/C=C\C/C=C\C/C=C\CCCCCC(=O)OC(COC(=O)CCCCCCCCCCCCCCCCCCCCCCCC)COP(=O)([O-])OCC[N+](C)(C)C. The first-order chi connectivity index (χ1) is 34.5. The molecule has 10 heteroatoms. The van der Waals surface area contributed by atoms with Crippen LogP contribution in [0.1, 0.15) is 239 Å². The van der Waals surface area contributed by atoms with E-state index < -0.39 is 32.5 Å². The van der Waals surface area contributed by atoms with Crippen molar-refractivity contribution in [2.45, 2.75) is 245 Å². The molecule has 0 rings (SSSR count). The molecule has 0 aliphatic carbocycles. The Labute approximate surface area is 437 Å². The molecule has 0 aliphatic heterocycles. The van der Waals surface area contributed by atoms with Crippen molar-refractivity contribution >= 4 is 19.8 Å². The van der Waals surface area contributed by atoms with Crippen molar-refractivity contribution in [1.82, 2.24) is 0 Å². The molecule has 0 heterocycles. The average Bonchev–Trinajstić information content (AvgIpc) is 3.33. The number of esters is 2. The highest BCUT2D eigenvalue weighted by atomic mass is 31.2. The van der Waals surface area contributed by atoms with E-state index in [0.29, 0.717) is 17.4 Å². The largest absolute Gasteiger partial charge is 0.756 e. The van der Waals surface area contributed by atoms with E-state index >= 15 is 0 Å². The van der Waals surface area contributed by atoms with Gasteiger partial charge in [-0.3, -0.25) is 14.2 Å². The van der Waals surface area contributed by atoms with Crippen LogP contribution in [0.4, 0.5) is 0 Å². The van der Waals surface area contributed by atoms with E-state index in [1.165, 1.54) is 122 Å². The maximum absolute atomic E-state index is 12.8. The Morgan fingerprint density at radius 1 is 0.451 bits per heavy atom. The minimum absolute atomic E-state index is 0.0407. The third-order valence-electron chi connectivity index (χ3n) is 12.2. The molecule has 0 radical (unpaired) electrons. The van der Waals surface area contributed by atoms with E-state index in [4.69, 9.17) is 18.5 Å². The van der Waals surface area contributed by atoms with Crippen LogP contribution >= 0.6 is 7.82 Å². The fraction of sp³-hybridized carbons (Fsp3) is 0.738. The van der Waals surface area contributed by atoms with Gasteiger partial charge >= 0.3 is 11.9 Å². The molecule has 2 unspecified atom stereocenters. The van der Waals surface area contributed by atoms with Gasteiger partial charge in [-0.25, -0.2) is 0 Å². The fourth-order valence-corrected chi connectivity index (χ4v) is 8.48. The maximum atomic E-state index is 12.8. The van der Waals surface area contributed by atoms with Gasteiger partial charge in [0.05, 0.1) is 27.7 Å². The molecular formula is C61H108NO8P. The Hall–Kier alpha value is -2.81. The Bertz CT molecular complexity index is 1470. The zero-order chi connectivity index (χ0) is 52.0. The molecule has 71 heavy (non-hydrogen) atoms. The van der Waals surface area contributed by atoms with Crippen molar-refractivity contribution in [3.05, 3.63) is 85.1 Å². The number of allylic oxidation sites excluding steroid dienone is 14. The summed E-state index contributed by atoms with van der Waals surface area (Å²) in [5, 5.41) is 0. The number of carbonyl (C=O) groups excluding carboxylic acids is 2. The Balaban J connectivity index is 4.26. The van der Waals surface area contributed by atoms with Crippen LogP contribution in [0.5, 0.6) is 0 Å². The second kappa shape index (κ2) is 52.1. The van der Waals surface area contributed by atoms with Gasteiger partial charge in [0.25, 0.3) is 7.82 Å². The zero-order valence-corrected chi connectivity index (χ0v) is 47.3. The fourth-order valence-electron chi connectivity index (χ4n) is 7.75.